The number of alkyl halides is 3. The molecule has 3 atom stereocenters. The molecule has 208 valence electrons. The first-order valence-electron chi connectivity index (χ1n) is 11.7. The number of anilines is 2. The van der Waals surface area contributed by atoms with E-state index < -0.39 is 62.9 Å². The smallest absolute Gasteiger partial charge is 0.416 e. The molecule has 1 saturated carbocycles. The number of carbonyl (C=O) groups is 2. The van der Waals surface area contributed by atoms with Crippen LogP contribution in [-0.2, 0) is 25.8 Å². The van der Waals surface area contributed by atoms with Crippen molar-refractivity contribution in [2.24, 2.45) is 11.8 Å². The van der Waals surface area contributed by atoms with Gasteiger partial charge < -0.3 is 10.4 Å². The summed E-state index contributed by atoms with van der Waals surface area (Å²) in [6, 6.07) is 7.78. The number of carbonyl (C=O) groups excluding carboxylic acids is 1. The molecule has 3 aromatic rings. The van der Waals surface area contributed by atoms with E-state index in [9.17, 15) is 40.7 Å². The Labute approximate surface area is 220 Å². The van der Waals surface area contributed by atoms with Crippen molar-refractivity contribution in [3.05, 3.63) is 65.7 Å². The summed E-state index contributed by atoms with van der Waals surface area (Å²) in [5.41, 5.74) is -0.888. The lowest BCUT2D eigenvalue weighted by molar-refractivity contribution is -0.148. The summed E-state index contributed by atoms with van der Waals surface area (Å²) in [5.74, 6) is -6.30. The molecule has 4 rings (SSSR count). The third kappa shape index (κ3) is 5.72. The Morgan fingerprint density at radius 1 is 1.13 bits per heavy atom. The Morgan fingerprint density at radius 3 is 2.38 bits per heavy atom. The first-order chi connectivity index (χ1) is 18.3. The molecule has 15 heteroatoms. The van der Waals surface area contributed by atoms with E-state index in [0.29, 0.717) is 24.5 Å². The van der Waals surface area contributed by atoms with Crippen LogP contribution in [0.4, 0.5) is 28.9 Å². The van der Waals surface area contributed by atoms with Crippen LogP contribution >= 0.6 is 0 Å². The molecule has 0 bridgehead atoms. The molecule has 1 fully saturated rings. The van der Waals surface area contributed by atoms with Crippen molar-refractivity contribution in [3.63, 3.8) is 0 Å². The fourth-order valence-electron chi connectivity index (χ4n) is 4.75. The molecule has 1 amide bonds. The van der Waals surface area contributed by atoms with Crippen LogP contribution < -0.4 is 9.62 Å². The Bertz CT molecular complexity index is 1460. The highest BCUT2D eigenvalue weighted by molar-refractivity contribution is 7.92. The number of hydrogen-bond donors (Lipinski definition) is 3. The number of nitrogens with one attached hydrogen (secondary N) is 2. The summed E-state index contributed by atoms with van der Waals surface area (Å²) < 4.78 is 79.1. The molecule has 1 aromatic heterocycles. The Morgan fingerprint density at radius 2 is 1.82 bits per heavy atom. The monoisotopic (exact) mass is 569 g/mol. The number of hydrogen-bond acceptors (Lipinski definition) is 6. The molecule has 39 heavy (non-hydrogen) atoms. The Balaban J connectivity index is 1.54. The highest BCUT2D eigenvalue weighted by Crippen LogP contribution is 2.43. The normalized spacial score (nSPS) is 19.9. The average Bonchev–Trinajstić information content (AvgIpc) is 3.44. The van der Waals surface area contributed by atoms with Gasteiger partial charge in [-0.1, -0.05) is 18.6 Å². The van der Waals surface area contributed by atoms with Crippen molar-refractivity contribution >= 4 is 33.3 Å². The average molecular weight is 570 g/mol. The summed E-state index contributed by atoms with van der Waals surface area (Å²) >= 11 is 0. The minimum absolute atomic E-state index is 0.178. The first-order valence-corrected chi connectivity index (χ1v) is 13.1. The van der Waals surface area contributed by atoms with Crippen LogP contribution in [0, 0.1) is 17.7 Å². The number of sulfonamides is 1. The zero-order valence-corrected chi connectivity index (χ0v) is 21.1. The molecule has 0 spiro atoms. The number of aromatic nitrogens is 3. The van der Waals surface area contributed by atoms with Gasteiger partial charge in [-0.25, -0.2) is 14.5 Å². The standard InChI is InChI=1S/C24H23F4N5O5S/c1-33(39(37,38)23-29-12-30-32-23)15-8-5-13(6-9-15)16-3-2-4-17(20(16)22(35)36)21(34)31-19-10-7-14(11-18(19)25)24(26,27)28/h5-12,16-17,20H,2-4H2,1H3,(H,31,34)(H,35,36)(H,29,30,32)/t16-,17-,20-/m1/s1. The van der Waals surface area contributed by atoms with Crippen LogP contribution in [-0.4, -0.2) is 47.6 Å². The lowest BCUT2D eigenvalue weighted by Gasteiger charge is -2.35. The molecule has 0 unspecified atom stereocenters. The molecule has 1 aliphatic rings. The number of rotatable bonds is 7. The number of benzene rings is 2. The van der Waals surface area contributed by atoms with Gasteiger partial charge in [0.15, 0.2) is 0 Å². The lowest BCUT2D eigenvalue weighted by Crippen LogP contribution is -2.40. The maximum Gasteiger partial charge on any atom is 0.416 e. The predicted octanol–water partition coefficient (Wildman–Crippen LogP) is 4.01. The number of aliphatic carboxylic acids is 1. The van der Waals surface area contributed by atoms with Crippen molar-refractivity contribution in [1.82, 2.24) is 15.2 Å². The largest absolute Gasteiger partial charge is 0.481 e. The summed E-state index contributed by atoms with van der Waals surface area (Å²) in [7, 11) is -2.70. The van der Waals surface area contributed by atoms with E-state index in [4.69, 9.17) is 0 Å². The Kier molecular flexibility index (Phi) is 7.63. The van der Waals surface area contributed by atoms with Gasteiger partial charge in [-0.15, -0.1) is 0 Å². The molecular formula is C24H23F4N5O5S. The van der Waals surface area contributed by atoms with Gasteiger partial charge in [0.2, 0.25) is 5.91 Å². The maximum absolute atomic E-state index is 14.3. The number of aromatic amines is 1. The van der Waals surface area contributed by atoms with Crippen molar-refractivity contribution in [3.8, 4) is 0 Å². The lowest BCUT2D eigenvalue weighted by atomic mass is 9.69. The van der Waals surface area contributed by atoms with E-state index in [-0.39, 0.29) is 23.3 Å². The molecule has 1 aliphatic carbocycles. The van der Waals surface area contributed by atoms with Gasteiger partial charge in [0.25, 0.3) is 15.2 Å². The third-order valence-corrected chi connectivity index (χ3v) is 8.37. The summed E-state index contributed by atoms with van der Waals surface area (Å²) in [4.78, 5) is 28.9. The summed E-state index contributed by atoms with van der Waals surface area (Å²) in [5, 5.41) is 17.7. The van der Waals surface area contributed by atoms with Gasteiger partial charge in [0.05, 0.1) is 28.8 Å². The summed E-state index contributed by atoms with van der Waals surface area (Å²) in [6.07, 6.45) is -2.65. The highest BCUT2D eigenvalue weighted by atomic mass is 32.2. The van der Waals surface area contributed by atoms with Crippen LogP contribution in [0.3, 0.4) is 0 Å². The van der Waals surface area contributed by atoms with Crippen molar-refractivity contribution in [2.45, 2.75) is 36.5 Å². The second-order valence-corrected chi connectivity index (χ2v) is 10.9. The molecule has 2 aromatic carbocycles. The minimum Gasteiger partial charge on any atom is -0.481 e. The van der Waals surface area contributed by atoms with Crippen LogP contribution in [0.5, 0.6) is 0 Å². The van der Waals surface area contributed by atoms with Crippen molar-refractivity contribution in [1.29, 1.82) is 0 Å². The molecule has 3 N–H and O–H groups in total. The highest BCUT2D eigenvalue weighted by Gasteiger charge is 2.43. The van der Waals surface area contributed by atoms with Gasteiger partial charge in [0, 0.05) is 7.05 Å². The van der Waals surface area contributed by atoms with E-state index in [1.54, 1.807) is 12.1 Å². The molecule has 0 aliphatic heterocycles. The van der Waals surface area contributed by atoms with Crippen LogP contribution in [0.2, 0.25) is 0 Å². The second-order valence-electron chi connectivity index (χ2n) is 9.04. The Hall–Kier alpha value is -4.01. The molecule has 0 radical (unpaired) electrons. The van der Waals surface area contributed by atoms with Crippen LogP contribution in [0.15, 0.2) is 53.9 Å². The number of nitrogens with zero attached hydrogens (tertiary/aromatic N) is 3. The third-order valence-electron chi connectivity index (χ3n) is 6.76. The predicted molar refractivity (Wildman–Crippen MR) is 130 cm³/mol. The van der Waals surface area contributed by atoms with E-state index in [0.717, 1.165) is 16.7 Å². The molecule has 0 saturated heterocycles. The van der Waals surface area contributed by atoms with Gasteiger partial charge in [-0.3, -0.25) is 13.9 Å². The molecule has 10 nitrogen and oxygen atoms in total. The van der Waals surface area contributed by atoms with Gasteiger partial charge >= 0.3 is 12.1 Å². The SMILES string of the molecule is CN(c1ccc([C@H]2CCC[C@@H](C(=O)Nc3ccc(C(F)(F)F)cc3F)[C@@H]2C(=O)O)cc1)S(=O)(=O)c1ncn[nH]1. The molecule has 1 heterocycles. The number of carboxylic acid groups (broad SMARTS) is 1. The number of H-pyrrole nitrogens is 1. The van der Waals surface area contributed by atoms with Gasteiger partial charge in [-0.2, -0.15) is 26.7 Å². The zero-order valence-electron chi connectivity index (χ0n) is 20.3. The zero-order chi connectivity index (χ0) is 28.5. The second kappa shape index (κ2) is 10.6. The topological polar surface area (TPSA) is 145 Å². The van der Waals surface area contributed by atoms with Crippen molar-refractivity contribution < 1.29 is 40.7 Å². The van der Waals surface area contributed by atoms with E-state index in [2.05, 4.69) is 20.5 Å². The molecular weight excluding hydrogens is 546 g/mol. The van der Waals surface area contributed by atoms with Crippen LogP contribution in [0.25, 0.3) is 0 Å². The van der Waals surface area contributed by atoms with Gasteiger partial charge in [-0.05, 0) is 54.7 Å². The minimum atomic E-state index is -4.76. The van der Waals surface area contributed by atoms with Gasteiger partial charge in [0.1, 0.15) is 12.1 Å². The fourth-order valence-corrected chi connectivity index (χ4v) is 5.75. The van der Waals surface area contributed by atoms with E-state index in [1.807, 2.05) is 0 Å². The van der Waals surface area contributed by atoms with Crippen LogP contribution in [0.1, 0.15) is 36.3 Å². The maximum atomic E-state index is 14.3. The van der Waals surface area contributed by atoms with E-state index in [1.165, 1.54) is 19.2 Å². The number of carboxylic acids is 1. The number of amides is 1. The first kappa shape index (κ1) is 28.0. The quantitative estimate of drug-likeness (QED) is 0.365. The van der Waals surface area contributed by atoms with Crippen molar-refractivity contribution in [2.75, 3.05) is 16.7 Å². The van der Waals surface area contributed by atoms with E-state index >= 15 is 0 Å². The number of halogens is 4. The summed E-state index contributed by atoms with van der Waals surface area (Å²) in [6.45, 7) is 0. The fraction of sp³-hybridized carbons (Fsp3) is 0.333.